The van der Waals surface area contributed by atoms with Gasteiger partial charge in [-0.1, -0.05) is 6.07 Å². The minimum Gasteiger partial charge on any atom is -0.335 e. The second kappa shape index (κ2) is 4.57. The van der Waals surface area contributed by atoms with Crippen LogP contribution in [-0.4, -0.2) is 40.3 Å². The van der Waals surface area contributed by atoms with E-state index in [-0.39, 0.29) is 0 Å². The fraction of sp³-hybridized carbons (Fsp3) is 0.538. The predicted molar refractivity (Wildman–Crippen MR) is 72.0 cm³/mol. The van der Waals surface area contributed by atoms with Crippen LogP contribution in [0.3, 0.4) is 0 Å². The second-order valence-corrected chi connectivity index (χ2v) is 4.78. The first-order chi connectivity index (χ1) is 8.79. The van der Waals surface area contributed by atoms with Crippen LogP contribution in [-0.2, 0) is 0 Å². The summed E-state index contributed by atoms with van der Waals surface area (Å²) in [4.78, 5) is 6.94. The lowest BCUT2D eigenvalue weighted by atomic mass is 10.2. The Labute approximate surface area is 107 Å². The molecule has 0 saturated carbocycles. The van der Waals surface area contributed by atoms with E-state index in [2.05, 4.69) is 40.2 Å². The Kier molecular flexibility index (Phi) is 2.91. The SMILES string of the molecule is CCN(c1nc2cccc(C)n2n1)C1CCNC1. The largest absolute Gasteiger partial charge is 0.335 e. The molecule has 3 rings (SSSR count). The summed E-state index contributed by atoms with van der Waals surface area (Å²) in [7, 11) is 0. The van der Waals surface area contributed by atoms with Crippen LogP contribution in [0.15, 0.2) is 18.2 Å². The molecule has 5 nitrogen and oxygen atoms in total. The van der Waals surface area contributed by atoms with E-state index in [0.717, 1.165) is 36.9 Å². The molecule has 1 aliphatic heterocycles. The maximum Gasteiger partial charge on any atom is 0.245 e. The minimum absolute atomic E-state index is 0.521. The van der Waals surface area contributed by atoms with Gasteiger partial charge in [-0.2, -0.15) is 4.98 Å². The van der Waals surface area contributed by atoms with Crippen molar-refractivity contribution in [1.29, 1.82) is 0 Å². The summed E-state index contributed by atoms with van der Waals surface area (Å²) in [6, 6.07) is 6.60. The molecule has 0 bridgehead atoms. The van der Waals surface area contributed by atoms with E-state index in [9.17, 15) is 0 Å². The van der Waals surface area contributed by atoms with Crippen molar-refractivity contribution in [2.24, 2.45) is 0 Å². The number of rotatable bonds is 3. The summed E-state index contributed by atoms with van der Waals surface area (Å²) < 4.78 is 1.92. The van der Waals surface area contributed by atoms with Crippen molar-refractivity contribution in [2.75, 3.05) is 24.5 Å². The fourth-order valence-electron chi connectivity index (χ4n) is 2.61. The van der Waals surface area contributed by atoms with Gasteiger partial charge in [-0.25, -0.2) is 4.52 Å². The van der Waals surface area contributed by atoms with E-state index in [1.54, 1.807) is 0 Å². The van der Waals surface area contributed by atoms with Gasteiger partial charge < -0.3 is 10.2 Å². The van der Waals surface area contributed by atoms with Crippen molar-refractivity contribution in [2.45, 2.75) is 26.3 Å². The normalized spacial score (nSPS) is 19.6. The van der Waals surface area contributed by atoms with Crippen molar-refractivity contribution >= 4 is 11.6 Å². The van der Waals surface area contributed by atoms with Gasteiger partial charge in [0.25, 0.3) is 0 Å². The van der Waals surface area contributed by atoms with E-state index in [1.165, 1.54) is 6.42 Å². The van der Waals surface area contributed by atoms with Gasteiger partial charge in [0.1, 0.15) is 0 Å². The molecule has 5 heteroatoms. The highest BCUT2D eigenvalue weighted by Crippen LogP contribution is 2.17. The molecule has 0 aliphatic carbocycles. The minimum atomic E-state index is 0.521. The van der Waals surface area contributed by atoms with E-state index < -0.39 is 0 Å². The molecular formula is C13H19N5. The van der Waals surface area contributed by atoms with Gasteiger partial charge in [0.2, 0.25) is 5.95 Å². The molecule has 1 saturated heterocycles. The Hall–Kier alpha value is -1.62. The Bertz CT molecular complexity index is 541. The molecule has 0 spiro atoms. The fourth-order valence-corrected chi connectivity index (χ4v) is 2.61. The van der Waals surface area contributed by atoms with Crippen LogP contribution < -0.4 is 10.2 Å². The molecule has 0 aromatic carbocycles. The van der Waals surface area contributed by atoms with Crippen molar-refractivity contribution in [3.63, 3.8) is 0 Å². The quantitative estimate of drug-likeness (QED) is 0.883. The maximum atomic E-state index is 4.64. The Morgan fingerprint density at radius 3 is 3.06 bits per heavy atom. The molecule has 1 N–H and O–H groups in total. The summed E-state index contributed by atoms with van der Waals surface area (Å²) in [5.41, 5.74) is 2.04. The second-order valence-electron chi connectivity index (χ2n) is 4.78. The van der Waals surface area contributed by atoms with Gasteiger partial charge >= 0.3 is 0 Å². The lowest BCUT2D eigenvalue weighted by Gasteiger charge is -2.25. The van der Waals surface area contributed by atoms with Gasteiger partial charge in [-0.15, -0.1) is 5.10 Å². The highest BCUT2D eigenvalue weighted by molar-refractivity contribution is 5.46. The van der Waals surface area contributed by atoms with Crippen molar-refractivity contribution in [3.8, 4) is 0 Å². The highest BCUT2D eigenvalue weighted by Gasteiger charge is 2.24. The molecule has 18 heavy (non-hydrogen) atoms. The summed E-state index contributed by atoms with van der Waals surface area (Å²) in [5.74, 6) is 0.848. The summed E-state index contributed by atoms with van der Waals surface area (Å²) in [5, 5.41) is 8.03. The van der Waals surface area contributed by atoms with Gasteiger partial charge in [-0.3, -0.25) is 0 Å². The van der Waals surface area contributed by atoms with Crippen LogP contribution in [0.5, 0.6) is 0 Å². The monoisotopic (exact) mass is 245 g/mol. The van der Waals surface area contributed by atoms with E-state index >= 15 is 0 Å². The molecule has 3 heterocycles. The molecule has 0 radical (unpaired) electrons. The Balaban J connectivity index is 1.99. The van der Waals surface area contributed by atoms with Crippen LogP contribution in [0, 0.1) is 6.92 Å². The molecule has 2 aromatic rings. The summed E-state index contributed by atoms with van der Waals surface area (Å²) in [6.07, 6.45) is 1.17. The lowest BCUT2D eigenvalue weighted by molar-refractivity contribution is 0.630. The van der Waals surface area contributed by atoms with Crippen LogP contribution >= 0.6 is 0 Å². The van der Waals surface area contributed by atoms with E-state index in [4.69, 9.17) is 0 Å². The maximum absolute atomic E-state index is 4.64. The van der Waals surface area contributed by atoms with Crippen molar-refractivity contribution in [1.82, 2.24) is 19.9 Å². The number of likely N-dealkylation sites (N-methyl/N-ethyl adjacent to an activating group) is 1. The number of aromatic nitrogens is 3. The van der Waals surface area contributed by atoms with Crippen LogP contribution in [0.25, 0.3) is 5.65 Å². The third-order valence-corrected chi connectivity index (χ3v) is 3.61. The van der Waals surface area contributed by atoms with E-state index in [0.29, 0.717) is 6.04 Å². The number of aryl methyl sites for hydroxylation is 1. The number of fused-ring (bicyclic) bond motifs is 1. The van der Waals surface area contributed by atoms with Crippen molar-refractivity contribution < 1.29 is 0 Å². The summed E-state index contributed by atoms with van der Waals surface area (Å²) in [6.45, 7) is 7.29. The molecular weight excluding hydrogens is 226 g/mol. The zero-order valence-electron chi connectivity index (χ0n) is 10.9. The van der Waals surface area contributed by atoms with E-state index in [1.807, 2.05) is 16.6 Å². The molecule has 2 aromatic heterocycles. The average molecular weight is 245 g/mol. The van der Waals surface area contributed by atoms with Gasteiger partial charge in [0.05, 0.1) is 0 Å². The number of nitrogens with one attached hydrogen (secondary N) is 1. The molecule has 1 atom stereocenters. The first kappa shape index (κ1) is 11.5. The topological polar surface area (TPSA) is 45.5 Å². The zero-order valence-corrected chi connectivity index (χ0v) is 10.9. The molecule has 1 aliphatic rings. The lowest BCUT2D eigenvalue weighted by Crippen LogP contribution is -2.37. The van der Waals surface area contributed by atoms with Gasteiger partial charge in [0.15, 0.2) is 5.65 Å². The van der Waals surface area contributed by atoms with Gasteiger partial charge in [0, 0.05) is 24.8 Å². The third-order valence-electron chi connectivity index (χ3n) is 3.61. The number of hydrogen-bond acceptors (Lipinski definition) is 4. The standard InChI is InChI=1S/C13H19N5/c1-3-17(11-7-8-14-9-11)13-15-12-6-4-5-10(2)18(12)16-13/h4-6,11,14H,3,7-9H2,1-2H3. The first-order valence-corrected chi connectivity index (χ1v) is 6.59. The third kappa shape index (κ3) is 1.84. The first-order valence-electron chi connectivity index (χ1n) is 6.59. The zero-order chi connectivity index (χ0) is 12.5. The summed E-state index contributed by atoms with van der Waals surface area (Å²) >= 11 is 0. The molecule has 96 valence electrons. The Morgan fingerprint density at radius 1 is 1.50 bits per heavy atom. The number of anilines is 1. The molecule has 0 amide bonds. The number of hydrogen-bond donors (Lipinski definition) is 1. The number of pyridine rings is 1. The molecule has 1 fully saturated rings. The highest BCUT2D eigenvalue weighted by atomic mass is 15.4. The van der Waals surface area contributed by atoms with Gasteiger partial charge in [-0.05, 0) is 38.9 Å². The number of nitrogens with zero attached hydrogens (tertiary/aromatic N) is 4. The Morgan fingerprint density at radius 2 is 2.39 bits per heavy atom. The van der Waals surface area contributed by atoms with Crippen LogP contribution in [0.2, 0.25) is 0 Å². The average Bonchev–Trinajstić information content (AvgIpc) is 3.00. The predicted octanol–water partition coefficient (Wildman–Crippen LogP) is 1.23. The molecule has 1 unspecified atom stereocenters. The van der Waals surface area contributed by atoms with Crippen molar-refractivity contribution in [3.05, 3.63) is 23.9 Å². The van der Waals surface area contributed by atoms with Crippen LogP contribution in [0.1, 0.15) is 19.0 Å². The smallest absolute Gasteiger partial charge is 0.245 e. The van der Waals surface area contributed by atoms with Crippen LogP contribution in [0.4, 0.5) is 5.95 Å².